The summed E-state index contributed by atoms with van der Waals surface area (Å²) in [6.45, 7) is 8.42. The second-order valence-electron chi connectivity index (χ2n) is 7.64. The zero-order chi connectivity index (χ0) is 22.8. The molecule has 0 aliphatic carbocycles. The molecule has 2 aromatic carbocycles. The fraction of sp³-hybridized carbons (Fsp3) is 0.391. The first-order valence-electron chi connectivity index (χ1n) is 10.5. The number of carbonyl (C=O) groups excluding carboxylic acids is 1. The van der Waals surface area contributed by atoms with Gasteiger partial charge in [-0.1, -0.05) is 32.0 Å². The van der Waals surface area contributed by atoms with Gasteiger partial charge in [0.25, 0.3) is 0 Å². The number of sulfonamides is 1. The second kappa shape index (κ2) is 9.20. The Labute approximate surface area is 184 Å². The number of aryl methyl sites for hydroxylation is 4. The molecule has 1 aromatic heterocycles. The van der Waals surface area contributed by atoms with Crippen LogP contribution < -0.4 is 5.32 Å². The van der Waals surface area contributed by atoms with E-state index in [0.717, 1.165) is 28.2 Å². The lowest BCUT2D eigenvalue weighted by Crippen LogP contribution is -2.30. The summed E-state index contributed by atoms with van der Waals surface area (Å²) < 4.78 is 29.0. The van der Waals surface area contributed by atoms with Gasteiger partial charge in [-0.25, -0.2) is 13.4 Å². The summed E-state index contributed by atoms with van der Waals surface area (Å²) in [7, 11) is -1.66. The summed E-state index contributed by atoms with van der Waals surface area (Å²) >= 11 is 0. The van der Waals surface area contributed by atoms with Gasteiger partial charge in [0, 0.05) is 38.7 Å². The van der Waals surface area contributed by atoms with Gasteiger partial charge < -0.3 is 9.88 Å². The average Bonchev–Trinajstić information content (AvgIpc) is 3.05. The van der Waals surface area contributed by atoms with Crippen LogP contribution in [0.4, 0.5) is 5.69 Å². The van der Waals surface area contributed by atoms with E-state index >= 15 is 0 Å². The van der Waals surface area contributed by atoms with E-state index in [1.165, 1.54) is 4.31 Å². The van der Waals surface area contributed by atoms with Gasteiger partial charge in [-0.05, 0) is 43.2 Å². The van der Waals surface area contributed by atoms with Crippen molar-refractivity contribution in [3.05, 3.63) is 53.3 Å². The fourth-order valence-electron chi connectivity index (χ4n) is 3.77. The molecule has 1 N–H and O–H groups in total. The quantitative estimate of drug-likeness (QED) is 0.575. The van der Waals surface area contributed by atoms with E-state index in [4.69, 9.17) is 0 Å². The van der Waals surface area contributed by atoms with Crippen LogP contribution in [0.25, 0.3) is 11.0 Å². The third-order valence-electron chi connectivity index (χ3n) is 5.61. The molecule has 166 valence electrons. The van der Waals surface area contributed by atoms with Crippen molar-refractivity contribution >= 4 is 32.7 Å². The van der Waals surface area contributed by atoms with Crippen molar-refractivity contribution in [1.29, 1.82) is 0 Å². The van der Waals surface area contributed by atoms with Crippen molar-refractivity contribution in [2.75, 3.05) is 18.4 Å². The molecule has 8 heteroatoms. The maximum Gasteiger partial charge on any atom is 0.243 e. The molecule has 3 rings (SSSR count). The van der Waals surface area contributed by atoms with Crippen LogP contribution in [0.2, 0.25) is 0 Å². The maximum absolute atomic E-state index is 12.8. The number of benzene rings is 2. The highest BCUT2D eigenvalue weighted by molar-refractivity contribution is 7.89. The number of carbonyl (C=O) groups is 1. The first-order chi connectivity index (χ1) is 14.7. The normalized spacial score (nSPS) is 11.9. The zero-order valence-electron chi connectivity index (χ0n) is 18.8. The van der Waals surface area contributed by atoms with E-state index in [1.807, 2.05) is 57.5 Å². The highest BCUT2D eigenvalue weighted by atomic mass is 32.2. The number of aromatic nitrogens is 2. The van der Waals surface area contributed by atoms with Crippen LogP contribution in [-0.2, 0) is 28.3 Å². The summed E-state index contributed by atoms with van der Waals surface area (Å²) in [5.74, 6) is 0.665. The minimum Gasteiger partial charge on any atom is -0.331 e. The molecule has 0 aliphatic heterocycles. The van der Waals surface area contributed by atoms with Gasteiger partial charge in [-0.2, -0.15) is 4.31 Å². The second-order valence-corrected chi connectivity index (χ2v) is 9.58. The summed E-state index contributed by atoms with van der Waals surface area (Å²) in [6, 6.07) is 10.9. The molecule has 0 fully saturated rings. The Morgan fingerprint density at radius 3 is 2.35 bits per heavy atom. The number of rotatable bonds is 8. The van der Waals surface area contributed by atoms with Gasteiger partial charge >= 0.3 is 0 Å². The number of hydrogen-bond acceptors (Lipinski definition) is 4. The van der Waals surface area contributed by atoms with Gasteiger partial charge in [0.05, 0.1) is 15.9 Å². The van der Waals surface area contributed by atoms with E-state index in [0.29, 0.717) is 25.0 Å². The third-order valence-corrected chi connectivity index (χ3v) is 7.66. The standard InChI is InChI=1S/C23H30N4O3S/c1-6-27(7-2)31(29,30)18-11-12-20-19(15-18)24-21(26(20)5)13-14-22(28)25-23-16(3)9-8-10-17(23)4/h8-12,15H,6-7,13-14H2,1-5H3,(H,25,28). The number of amides is 1. The van der Waals surface area contributed by atoms with E-state index in [9.17, 15) is 13.2 Å². The number of hydrogen-bond donors (Lipinski definition) is 1. The Bertz CT molecular complexity index is 1190. The number of imidazole rings is 1. The van der Waals surface area contributed by atoms with Crippen LogP contribution in [0.3, 0.4) is 0 Å². The van der Waals surface area contributed by atoms with Crippen LogP contribution in [-0.4, -0.2) is 41.3 Å². The lowest BCUT2D eigenvalue weighted by Gasteiger charge is -2.18. The molecular weight excluding hydrogens is 412 g/mol. The number of nitrogens with one attached hydrogen (secondary N) is 1. The molecule has 3 aromatic rings. The molecule has 0 unspecified atom stereocenters. The molecule has 7 nitrogen and oxygen atoms in total. The molecule has 1 amide bonds. The zero-order valence-corrected chi connectivity index (χ0v) is 19.6. The van der Waals surface area contributed by atoms with Crippen molar-refractivity contribution < 1.29 is 13.2 Å². The van der Waals surface area contributed by atoms with Gasteiger partial charge in [-0.3, -0.25) is 4.79 Å². The van der Waals surface area contributed by atoms with E-state index in [1.54, 1.807) is 18.2 Å². The lowest BCUT2D eigenvalue weighted by atomic mass is 10.1. The SMILES string of the molecule is CCN(CC)S(=O)(=O)c1ccc2c(c1)nc(CCC(=O)Nc1c(C)cccc1C)n2C. The Morgan fingerprint density at radius 2 is 1.74 bits per heavy atom. The molecule has 0 saturated heterocycles. The van der Waals surface area contributed by atoms with Crippen molar-refractivity contribution in [2.24, 2.45) is 7.05 Å². The lowest BCUT2D eigenvalue weighted by molar-refractivity contribution is -0.116. The molecule has 0 aliphatic rings. The van der Waals surface area contributed by atoms with Crippen LogP contribution in [0, 0.1) is 13.8 Å². The Kier molecular flexibility index (Phi) is 6.81. The molecule has 0 atom stereocenters. The highest BCUT2D eigenvalue weighted by Gasteiger charge is 2.22. The minimum absolute atomic E-state index is 0.0748. The molecule has 31 heavy (non-hydrogen) atoms. The number of fused-ring (bicyclic) bond motifs is 1. The van der Waals surface area contributed by atoms with Crippen LogP contribution in [0.5, 0.6) is 0 Å². The van der Waals surface area contributed by atoms with Crippen LogP contribution in [0.1, 0.15) is 37.2 Å². The average molecular weight is 443 g/mol. The molecule has 0 radical (unpaired) electrons. The predicted molar refractivity (Wildman–Crippen MR) is 124 cm³/mol. The summed E-state index contributed by atoms with van der Waals surface area (Å²) in [6.07, 6.45) is 0.746. The van der Waals surface area contributed by atoms with Crippen LogP contribution >= 0.6 is 0 Å². The fourth-order valence-corrected chi connectivity index (χ4v) is 5.24. The largest absolute Gasteiger partial charge is 0.331 e. The van der Waals surface area contributed by atoms with Crippen molar-refractivity contribution in [3.8, 4) is 0 Å². The Morgan fingerprint density at radius 1 is 1.10 bits per heavy atom. The molecule has 1 heterocycles. The monoisotopic (exact) mass is 442 g/mol. The van der Waals surface area contributed by atoms with E-state index < -0.39 is 10.0 Å². The van der Waals surface area contributed by atoms with Gasteiger partial charge in [0.15, 0.2) is 0 Å². The minimum atomic E-state index is -3.54. The predicted octanol–water partition coefficient (Wildman–Crippen LogP) is 3.79. The van der Waals surface area contributed by atoms with Crippen molar-refractivity contribution in [1.82, 2.24) is 13.9 Å². The maximum atomic E-state index is 12.8. The third kappa shape index (κ3) is 4.65. The molecular formula is C23H30N4O3S. The number of anilines is 1. The van der Waals surface area contributed by atoms with Crippen molar-refractivity contribution in [3.63, 3.8) is 0 Å². The molecule has 0 saturated carbocycles. The number of nitrogens with zero attached hydrogens (tertiary/aromatic N) is 3. The smallest absolute Gasteiger partial charge is 0.243 e. The first kappa shape index (κ1) is 23.0. The summed E-state index contributed by atoms with van der Waals surface area (Å²) in [5.41, 5.74) is 4.35. The summed E-state index contributed by atoms with van der Waals surface area (Å²) in [4.78, 5) is 17.4. The summed E-state index contributed by atoms with van der Waals surface area (Å²) in [5, 5.41) is 3.00. The first-order valence-corrected chi connectivity index (χ1v) is 11.9. The van der Waals surface area contributed by atoms with Crippen molar-refractivity contribution in [2.45, 2.75) is 45.4 Å². The van der Waals surface area contributed by atoms with E-state index in [-0.39, 0.29) is 17.2 Å². The molecule has 0 spiro atoms. The van der Waals surface area contributed by atoms with E-state index in [2.05, 4.69) is 10.3 Å². The number of para-hydroxylation sites is 1. The Hall–Kier alpha value is -2.71. The van der Waals surface area contributed by atoms with Crippen LogP contribution in [0.15, 0.2) is 41.3 Å². The molecule has 0 bridgehead atoms. The topological polar surface area (TPSA) is 84.3 Å². The Balaban J connectivity index is 1.79. The highest BCUT2D eigenvalue weighted by Crippen LogP contribution is 2.23. The van der Waals surface area contributed by atoms with Gasteiger partial charge in [-0.15, -0.1) is 0 Å². The van der Waals surface area contributed by atoms with Gasteiger partial charge in [0.2, 0.25) is 15.9 Å². The van der Waals surface area contributed by atoms with Gasteiger partial charge in [0.1, 0.15) is 5.82 Å².